The maximum atomic E-state index is 12.6. The summed E-state index contributed by atoms with van der Waals surface area (Å²) in [5.41, 5.74) is 0.686. The molecule has 2 unspecified atom stereocenters. The maximum absolute atomic E-state index is 12.6. The minimum atomic E-state index is -0.0225. The van der Waals surface area contributed by atoms with Crippen molar-refractivity contribution in [2.45, 2.75) is 31.8 Å². The Balaban J connectivity index is 1.77. The number of nitrogens with zero attached hydrogens (tertiary/aromatic N) is 1. The first-order valence-electron chi connectivity index (χ1n) is 7.99. The van der Waals surface area contributed by atoms with Crippen molar-refractivity contribution in [1.29, 1.82) is 0 Å². The first kappa shape index (κ1) is 16.7. The molecule has 23 heavy (non-hydrogen) atoms. The number of carbonyl (C=O) groups is 1. The van der Waals surface area contributed by atoms with Crippen LogP contribution in [0.15, 0.2) is 46.3 Å². The number of thiophene rings is 1. The van der Waals surface area contributed by atoms with Crippen molar-refractivity contribution in [3.8, 4) is 0 Å². The van der Waals surface area contributed by atoms with Crippen LogP contribution in [0.25, 0.3) is 0 Å². The summed E-state index contributed by atoms with van der Waals surface area (Å²) in [6.45, 7) is 4.33. The van der Waals surface area contributed by atoms with Crippen LogP contribution in [0.1, 0.15) is 41.0 Å². The monoisotopic (exact) mass is 392 g/mol. The van der Waals surface area contributed by atoms with E-state index in [2.05, 4.69) is 50.6 Å². The van der Waals surface area contributed by atoms with Gasteiger partial charge in [-0.2, -0.15) is 0 Å². The first-order chi connectivity index (χ1) is 11.2. The zero-order chi connectivity index (χ0) is 16.2. The number of halogens is 1. The molecule has 1 N–H and O–H groups in total. The normalized spacial score (nSPS) is 17.8. The lowest BCUT2D eigenvalue weighted by molar-refractivity contribution is 0.0907. The summed E-state index contributed by atoms with van der Waals surface area (Å²) in [5.74, 6) is -0.0225. The van der Waals surface area contributed by atoms with E-state index in [4.69, 9.17) is 0 Å². The Bertz CT molecular complexity index is 653. The molecule has 2 atom stereocenters. The van der Waals surface area contributed by atoms with Crippen LogP contribution < -0.4 is 5.32 Å². The van der Waals surface area contributed by atoms with E-state index < -0.39 is 0 Å². The average molecular weight is 393 g/mol. The number of rotatable bonds is 5. The molecule has 2 heterocycles. The molecule has 0 bridgehead atoms. The molecular formula is C18H21BrN2OS. The minimum absolute atomic E-state index is 0.0225. The molecule has 1 amide bonds. The van der Waals surface area contributed by atoms with Gasteiger partial charge in [0.15, 0.2) is 0 Å². The molecule has 2 aromatic rings. The van der Waals surface area contributed by atoms with Gasteiger partial charge in [0, 0.05) is 15.4 Å². The average Bonchev–Trinajstić information content (AvgIpc) is 3.22. The highest BCUT2D eigenvalue weighted by Crippen LogP contribution is 2.31. The van der Waals surface area contributed by atoms with Crippen LogP contribution in [-0.2, 0) is 0 Å². The van der Waals surface area contributed by atoms with Crippen molar-refractivity contribution < 1.29 is 4.79 Å². The second-order valence-electron chi connectivity index (χ2n) is 5.95. The largest absolute Gasteiger partial charge is 0.348 e. The summed E-state index contributed by atoms with van der Waals surface area (Å²) in [6.07, 6.45) is 2.49. The van der Waals surface area contributed by atoms with Gasteiger partial charge in [-0.25, -0.2) is 0 Å². The van der Waals surface area contributed by atoms with E-state index in [9.17, 15) is 4.79 Å². The molecule has 0 spiro atoms. The highest BCUT2D eigenvalue weighted by atomic mass is 79.9. The smallest absolute Gasteiger partial charge is 0.252 e. The fraction of sp³-hybridized carbons (Fsp3) is 0.389. The fourth-order valence-corrected chi connectivity index (χ4v) is 4.66. The predicted molar refractivity (Wildman–Crippen MR) is 98.9 cm³/mol. The van der Waals surface area contributed by atoms with Gasteiger partial charge < -0.3 is 5.32 Å². The van der Waals surface area contributed by atoms with Crippen LogP contribution >= 0.6 is 27.3 Å². The zero-order valence-corrected chi connectivity index (χ0v) is 15.6. The van der Waals surface area contributed by atoms with Crippen molar-refractivity contribution in [2.24, 2.45) is 0 Å². The summed E-state index contributed by atoms with van der Waals surface area (Å²) < 4.78 is 0.832. The topological polar surface area (TPSA) is 32.3 Å². The molecule has 1 aromatic carbocycles. The number of amides is 1. The highest BCUT2D eigenvalue weighted by Gasteiger charge is 2.30. The van der Waals surface area contributed by atoms with Crippen LogP contribution in [-0.4, -0.2) is 29.9 Å². The van der Waals surface area contributed by atoms with E-state index in [1.54, 1.807) is 11.3 Å². The van der Waals surface area contributed by atoms with E-state index in [0.717, 1.165) is 17.6 Å². The Kier molecular flexibility index (Phi) is 5.51. The number of nitrogens with one attached hydrogen (secondary N) is 1. The van der Waals surface area contributed by atoms with E-state index in [1.807, 2.05) is 24.3 Å². The minimum Gasteiger partial charge on any atom is -0.348 e. The Labute approximate surface area is 149 Å². The molecule has 3 nitrogen and oxygen atoms in total. The van der Waals surface area contributed by atoms with Crippen molar-refractivity contribution >= 4 is 33.2 Å². The summed E-state index contributed by atoms with van der Waals surface area (Å²) in [5, 5.41) is 5.31. The van der Waals surface area contributed by atoms with Crippen LogP contribution in [0.2, 0.25) is 0 Å². The molecule has 0 saturated carbocycles. The second-order valence-corrected chi connectivity index (χ2v) is 7.78. The summed E-state index contributed by atoms with van der Waals surface area (Å²) >= 11 is 5.23. The number of hydrogen-bond donors (Lipinski definition) is 1. The van der Waals surface area contributed by atoms with Crippen LogP contribution in [0.5, 0.6) is 0 Å². The quantitative estimate of drug-likeness (QED) is 0.813. The van der Waals surface area contributed by atoms with Gasteiger partial charge in [0.05, 0.1) is 11.6 Å². The molecule has 1 saturated heterocycles. The molecule has 1 aromatic heterocycles. The van der Waals surface area contributed by atoms with Crippen molar-refractivity contribution in [3.63, 3.8) is 0 Å². The molecule has 5 heteroatoms. The van der Waals surface area contributed by atoms with Gasteiger partial charge in [-0.15, -0.1) is 11.3 Å². The lowest BCUT2D eigenvalue weighted by Gasteiger charge is -2.32. The van der Waals surface area contributed by atoms with Crippen LogP contribution in [0.3, 0.4) is 0 Å². The third-order valence-corrected chi connectivity index (χ3v) is 5.95. The summed E-state index contributed by atoms with van der Waals surface area (Å²) in [7, 11) is 0. The first-order valence-corrected chi connectivity index (χ1v) is 9.67. The number of benzene rings is 1. The standard InChI is InChI=1S/C18H21BrN2OS/c1-13(20-18(22)14-7-2-3-8-15(14)19)17(16-9-6-12-23-16)21-10-4-5-11-21/h2-3,6-9,12-13,17H,4-5,10-11H2,1H3,(H,20,22). The number of carbonyl (C=O) groups excluding carboxylic acids is 1. The van der Waals surface area contributed by atoms with Crippen molar-refractivity contribution in [1.82, 2.24) is 10.2 Å². The summed E-state index contributed by atoms with van der Waals surface area (Å²) in [6, 6.07) is 12.1. The van der Waals surface area contributed by atoms with Gasteiger partial charge >= 0.3 is 0 Å². The molecule has 1 fully saturated rings. The third-order valence-electron chi connectivity index (χ3n) is 4.32. The van der Waals surface area contributed by atoms with Crippen LogP contribution in [0.4, 0.5) is 0 Å². The van der Waals surface area contributed by atoms with E-state index >= 15 is 0 Å². The SMILES string of the molecule is CC(NC(=O)c1ccccc1Br)C(c1cccs1)N1CCCC1. The molecule has 0 aliphatic carbocycles. The Morgan fingerprint density at radius 1 is 1.22 bits per heavy atom. The maximum Gasteiger partial charge on any atom is 0.252 e. The summed E-state index contributed by atoms with van der Waals surface area (Å²) in [4.78, 5) is 16.4. The molecule has 0 radical (unpaired) electrons. The molecule has 1 aliphatic rings. The fourth-order valence-electron chi connectivity index (χ4n) is 3.23. The lowest BCUT2D eigenvalue weighted by atomic mass is 10.1. The van der Waals surface area contributed by atoms with Crippen molar-refractivity contribution in [2.75, 3.05) is 13.1 Å². The Hall–Kier alpha value is -1.17. The molecule has 1 aliphatic heterocycles. The van der Waals surface area contributed by atoms with Crippen molar-refractivity contribution in [3.05, 3.63) is 56.7 Å². The van der Waals surface area contributed by atoms with Gasteiger partial charge in [0.25, 0.3) is 5.91 Å². The lowest BCUT2D eigenvalue weighted by Crippen LogP contribution is -2.43. The van der Waals surface area contributed by atoms with Gasteiger partial charge in [0.2, 0.25) is 0 Å². The van der Waals surface area contributed by atoms with Crippen LogP contribution in [0, 0.1) is 0 Å². The third kappa shape index (κ3) is 3.84. The van der Waals surface area contributed by atoms with E-state index in [-0.39, 0.29) is 18.0 Å². The van der Waals surface area contributed by atoms with E-state index in [0.29, 0.717) is 5.56 Å². The second kappa shape index (κ2) is 7.60. The molecular weight excluding hydrogens is 372 g/mol. The van der Waals surface area contributed by atoms with Gasteiger partial charge in [-0.3, -0.25) is 9.69 Å². The highest BCUT2D eigenvalue weighted by molar-refractivity contribution is 9.10. The molecule has 122 valence electrons. The van der Waals surface area contributed by atoms with Gasteiger partial charge in [0.1, 0.15) is 0 Å². The predicted octanol–water partition coefficient (Wildman–Crippen LogP) is 4.47. The van der Waals surface area contributed by atoms with E-state index in [1.165, 1.54) is 17.7 Å². The van der Waals surface area contributed by atoms with Gasteiger partial charge in [-0.1, -0.05) is 18.2 Å². The zero-order valence-electron chi connectivity index (χ0n) is 13.2. The number of hydrogen-bond acceptors (Lipinski definition) is 3. The molecule has 3 rings (SSSR count). The van der Waals surface area contributed by atoms with Gasteiger partial charge in [-0.05, 0) is 72.4 Å². The Morgan fingerprint density at radius 2 is 1.96 bits per heavy atom. The number of likely N-dealkylation sites (tertiary alicyclic amines) is 1. The Morgan fingerprint density at radius 3 is 2.61 bits per heavy atom.